The first-order chi connectivity index (χ1) is 40.6. The second-order valence-corrected chi connectivity index (χ2v) is 21.0. The van der Waals surface area contributed by atoms with Gasteiger partial charge in [-0.25, -0.2) is 0 Å². The Morgan fingerprint density at radius 1 is 0.606 bits per heavy atom. The van der Waals surface area contributed by atoms with Crippen molar-refractivity contribution in [3.05, 3.63) is 220 Å². The van der Waals surface area contributed by atoms with Gasteiger partial charge in [-0.3, -0.25) is 0 Å². The number of imidazole rings is 1. The summed E-state index contributed by atoms with van der Waals surface area (Å²) in [5, 5.41) is 1.44. The molecule has 11 aromatic rings. The molecule has 0 N–H and O–H groups in total. The summed E-state index contributed by atoms with van der Waals surface area (Å²) in [7, 11) is 0. The van der Waals surface area contributed by atoms with Crippen LogP contribution in [0.4, 0.5) is 0 Å². The average Bonchev–Trinajstić information content (AvgIpc) is 1.75. The van der Waals surface area contributed by atoms with Crippen molar-refractivity contribution in [2.45, 2.75) is 59.8 Å². The van der Waals surface area contributed by atoms with Gasteiger partial charge in [0, 0.05) is 6.20 Å². The zero-order chi connectivity index (χ0) is 61.7. The molecule has 0 fully saturated rings. The van der Waals surface area contributed by atoms with Gasteiger partial charge in [-0.15, -0.1) is 0 Å². The molecule has 1 aliphatic carbocycles. The van der Waals surface area contributed by atoms with Gasteiger partial charge in [0.15, 0.2) is 0 Å². The predicted molar refractivity (Wildman–Crippen MR) is 288 cm³/mol. The van der Waals surface area contributed by atoms with E-state index in [4.69, 9.17) is 24.8 Å². The summed E-state index contributed by atoms with van der Waals surface area (Å²) < 4.78 is 146. The molecule has 0 amide bonds. The summed E-state index contributed by atoms with van der Waals surface area (Å²) in [6.45, 7) is 12.7. The van der Waals surface area contributed by atoms with Crippen LogP contribution in [0.25, 0.3) is 83.4 Å². The number of benzene rings is 8. The van der Waals surface area contributed by atoms with Crippen molar-refractivity contribution < 1.29 is 44.7 Å². The summed E-state index contributed by atoms with van der Waals surface area (Å²) in [5.74, 6) is 1.22. The molecule has 1 unspecified atom stereocenters. The standard InChI is InChI=1S/C65H54N4O.Pt/c1-64(2,3)48-33-34-66-61(39-48)69-57-32-29-46(43-19-10-7-11-20-43)36-56(57)53-31-30-52(41-60(53)69)70-51-26-18-25-50(40-51)67-42-68(59-28-17-16-27-58(59)67)63-55(44-21-12-8-13-22-44)37-47-35-49(65(4,5)6)38-54(47)62(63)45-23-14-9-15-24-45;/h7-34,36-37,39,49H,35,38H2,1-6H3;/q-2;/i7D,8D,9D,10D,11D,12D,13D,14D,15D,19D,20D,21D,22D,23D,24D;. The van der Waals surface area contributed by atoms with Gasteiger partial charge >= 0.3 is 352 Å². The van der Waals surface area contributed by atoms with E-state index in [-0.39, 0.29) is 56.8 Å². The van der Waals surface area contributed by atoms with Gasteiger partial charge in [-0.1, -0.05) is 57.0 Å². The first-order valence-electron chi connectivity index (χ1n) is 30.9. The van der Waals surface area contributed by atoms with Gasteiger partial charge in [0.1, 0.15) is 0 Å². The van der Waals surface area contributed by atoms with Crippen LogP contribution in [0, 0.1) is 27.3 Å². The summed E-state index contributed by atoms with van der Waals surface area (Å²) >= 11 is 2.17. The number of pyridine rings is 1. The average molecular weight is 1120 g/mol. The molecule has 0 spiro atoms. The van der Waals surface area contributed by atoms with Crippen LogP contribution in [0.3, 0.4) is 0 Å². The van der Waals surface area contributed by atoms with Gasteiger partial charge in [0.25, 0.3) is 0 Å². The molecule has 6 heteroatoms. The SMILES string of the molecule is [2H]c1c([2H])c([2H])c(-c2ccc3c(c2)c2ccc(Oc4[c-]c(-n5[c](=[Pt])n(-c6c(-c7c([2H])c([2H])c([2H])c([2H])c7[2H])cc7c(c6-c6c([2H])c([2H])c([2H])c([2H])c6[2H])CC(C(C)(C)C)C7)c6ccccc65)ccc4)[c-]c2n3-c2cc(C(C)(C)C)ccn2)c([2H])c1[2H]. The second kappa shape index (κ2) is 17.5. The Morgan fingerprint density at radius 3 is 1.99 bits per heavy atom. The minimum atomic E-state index is -0.575. The maximum atomic E-state index is 9.53. The summed E-state index contributed by atoms with van der Waals surface area (Å²) in [5.41, 5.74) is 6.20. The molecule has 0 bridgehead atoms. The Balaban J connectivity index is 1.07. The third-order valence-corrected chi connectivity index (χ3v) is 14.6. The normalized spacial score (nSPS) is 16.8. The van der Waals surface area contributed by atoms with Gasteiger partial charge in [0.2, 0.25) is 0 Å². The molecular weight excluding hydrogens is 1050 g/mol. The molecule has 352 valence electrons. The number of rotatable bonds is 8. The first kappa shape index (κ1) is 31.1. The van der Waals surface area contributed by atoms with Gasteiger partial charge in [-0.05, 0) is 28.2 Å². The zero-order valence-corrected chi connectivity index (χ0v) is 42.0. The molecule has 0 saturated heterocycles. The van der Waals surface area contributed by atoms with Crippen LogP contribution in [-0.4, -0.2) is 18.7 Å². The summed E-state index contributed by atoms with van der Waals surface area (Å²) in [6, 6.07) is 27.7. The van der Waals surface area contributed by atoms with Crippen LogP contribution >= 0.6 is 0 Å². The van der Waals surface area contributed by atoms with Crippen molar-refractivity contribution in [2.24, 2.45) is 11.3 Å². The van der Waals surface area contributed by atoms with Crippen LogP contribution in [0.15, 0.2) is 188 Å². The van der Waals surface area contributed by atoms with Crippen LogP contribution in [0.2, 0.25) is 0 Å². The van der Waals surface area contributed by atoms with E-state index in [0.29, 0.717) is 72.7 Å². The number of hydrogen-bond donors (Lipinski definition) is 0. The Labute approximate surface area is 448 Å². The molecule has 71 heavy (non-hydrogen) atoms. The van der Waals surface area contributed by atoms with Crippen LogP contribution < -0.4 is 4.74 Å². The number of para-hydroxylation sites is 2. The van der Waals surface area contributed by atoms with Crippen LogP contribution in [-0.2, 0) is 37.6 Å². The molecule has 12 rings (SSSR count). The molecule has 0 saturated carbocycles. The molecule has 5 nitrogen and oxygen atoms in total. The van der Waals surface area contributed by atoms with Crippen LogP contribution in [0.1, 0.15) is 78.8 Å². The molecule has 1 aliphatic rings. The third-order valence-electron chi connectivity index (χ3n) is 13.6. The molecule has 3 aromatic heterocycles. The molecule has 0 radical (unpaired) electrons. The minimum Gasteiger partial charge on any atom is -0.0617 e. The number of aromatic nitrogens is 4. The zero-order valence-electron chi connectivity index (χ0n) is 54.7. The Bertz CT molecular complexity index is 4730. The van der Waals surface area contributed by atoms with E-state index in [1.165, 1.54) is 0 Å². The molecular formula is C65H54N4OPt-2. The van der Waals surface area contributed by atoms with E-state index in [1.807, 2.05) is 86.5 Å². The van der Waals surface area contributed by atoms with E-state index >= 15 is 0 Å². The number of nitrogens with zero attached hydrogens (tertiary/aromatic N) is 4. The van der Waals surface area contributed by atoms with E-state index in [9.17, 15) is 5.48 Å². The molecule has 1 atom stereocenters. The second-order valence-electron chi connectivity index (χ2n) is 20.0. The third kappa shape index (κ3) is 8.01. The van der Waals surface area contributed by atoms with E-state index in [1.54, 1.807) is 24.4 Å². The van der Waals surface area contributed by atoms with Gasteiger partial charge in [0.05, 0.1) is 6.85 Å². The quantitative estimate of drug-likeness (QED) is 0.142. The van der Waals surface area contributed by atoms with Crippen molar-refractivity contribution >= 4 is 32.8 Å². The summed E-state index contributed by atoms with van der Waals surface area (Å²) in [6.07, 6.45) is 2.73. The Kier molecular flexibility index (Phi) is 7.67. The van der Waals surface area contributed by atoms with Crippen molar-refractivity contribution in [1.29, 1.82) is 0 Å². The minimum absolute atomic E-state index is 0.0165. The van der Waals surface area contributed by atoms with Crippen molar-refractivity contribution in [3.8, 4) is 62.1 Å². The van der Waals surface area contributed by atoms with Crippen LogP contribution in [0.5, 0.6) is 11.5 Å². The van der Waals surface area contributed by atoms with E-state index in [0.717, 1.165) is 27.6 Å². The molecule has 8 aromatic carbocycles. The number of ether oxygens (including phenoxy) is 1. The molecule has 0 aliphatic heterocycles. The van der Waals surface area contributed by atoms with Crippen molar-refractivity contribution in [1.82, 2.24) is 18.7 Å². The molecule has 3 heterocycles. The van der Waals surface area contributed by atoms with E-state index in [2.05, 4.69) is 73.0 Å². The summed E-state index contributed by atoms with van der Waals surface area (Å²) in [4.78, 5) is 4.84. The fourth-order valence-electron chi connectivity index (χ4n) is 9.91. The fourth-order valence-corrected chi connectivity index (χ4v) is 11.0. The number of hydrogen-bond acceptors (Lipinski definition) is 2. The fraction of sp³-hybridized carbons (Fsp3) is 0.169. The Morgan fingerprint density at radius 2 is 1.28 bits per heavy atom. The number of fused-ring (bicyclic) bond motifs is 5. The van der Waals surface area contributed by atoms with E-state index < -0.39 is 78.6 Å². The topological polar surface area (TPSA) is 36.9 Å². The van der Waals surface area contributed by atoms with Gasteiger partial charge in [-0.2, -0.15) is 0 Å². The first-order valence-corrected chi connectivity index (χ1v) is 24.5. The predicted octanol–water partition coefficient (Wildman–Crippen LogP) is 16.4. The van der Waals surface area contributed by atoms with Gasteiger partial charge < -0.3 is 0 Å². The Hall–Kier alpha value is -7.33. The van der Waals surface area contributed by atoms with Crippen molar-refractivity contribution in [2.75, 3.05) is 0 Å². The monoisotopic (exact) mass is 1120 g/mol. The maximum absolute atomic E-state index is 9.53. The van der Waals surface area contributed by atoms with Crippen molar-refractivity contribution in [3.63, 3.8) is 0 Å². The smallest absolute Gasteiger partial charge is 0.0617 e.